The highest BCUT2D eigenvalue weighted by atomic mass is 15.0. The van der Waals surface area contributed by atoms with E-state index < -0.39 is 0 Å². The first-order valence-electron chi connectivity index (χ1n) is 7.69. The smallest absolute Gasteiger partial charge is 0.0151 e. The maximum atomic E-state index is 3.97. The number of hydrogen-bond donors (Lipinski definition) is 1. The van der Waals surface area contributed by atoms with Gasteiger partial charge in [-0.05, 0) is 42.7 Å². The molecule has 2 aliphatic carbocycles. The summed E-state index contributed by atoms with van der Waals surface area (Å²) in [5.41, 5.74) is 3.14. The van der Waals surface area contributed by atoms with E-state index in [1.807, 2.05) is 0 Å². The molecular formula is C17H25N. The van der Waals surface area contributed by atoms with Crippen LogP contribution in [0.5, 0.6) is 0 Å². The van der Waals surface area contributed by atoms with E-state index >= 15 is 0 Å². The van der Waals surface area contributed by atoms with Gasteiger partial charge in [0, 0.05) is 12.1 Å². The van der Waals surface area contributed by atoms with Gasteiger partial charge in [-0.25, -0.2) is 0 Å². The molecule has 0 aliphatic heterocycles. The molecule has 0 saturated heterocycles. The number of hydrogen-bond acceptors (Lipinski definition) is 1. The van der Waals surface area contributed by atoms with Crippen LogP contribution in [0.15, 0.2) is 24.3 Å². The highest BCUT2D eigenvalue weighted by molar-refractivity contribution is 5.33. The summed E-state index contributed by atoms with van der Waals surface area (Å²) < 4.78 is 0. The molecule has 18 heavy (non-hydrogen) atoms. The average Bonchev–Trinajstić information content (AvgIpc) is 2.81. The summed E-state index contributed by atoms with van der Waals surface area (Å²) in [7, 11) is 0. The lowest BCUT2D eigenvalue weighted by Gasteiger charge is -2.33. The van der Waals surface area contributed by atoms with E-state index in [1.165, 1.54) is 44.9 Å². The van der Waals surface area contributed by atoms with Gasteiger partial charge in [0.2, 0.25) is 0 Å². The fraction of sp³-hybridized carbons (Fsp3) is 0.647. The molecule has 0 aromatic heterocycles. The summed E-state index contributed by atoms with van der Waals surface area (Å²) in [6, 6.07) is 10.4. The van der Waals surface area contributed by atoms with Crippen molar-refractivity contribution in [1.29, 1.82) is 0 Å². The molecule has 1 N–H and O–H groups in total. The Hall–Kier alpha value is -0.820. The quantitative estimate of drug-likeness (QED) is 0.853. The van der Waals surface area contributed by atoms with Crippen LogP contribution in [0.3, 0.4) is 0 Å². The lowest BCUT2D eigenvalue weighted by molar-refractivity contribution is 0.237. The molecule has 0 amide bonds. The molecule has 3 rings (SSSR count). The topological polar surface area (TPSA) is 12.0 Å². The van der Waals surface area contributed by atoms with Crippen molar-refractivity contribution in [2.75, 3.05) is 0 Å². The normalized spacial score (nSPS) is 28.3. The fourth-order valence-corrected chi connectivity index (χ4v) is 3.90. The van der Waals surface area contributed by atoms with Crippen molar-refractivity contribution >= 4 is 0 Å². The molecule has 0 radical (unpaired) electrons. The highest BCUT2D eigenvalue weighted by Gasteiger charge is 2.28. The molecule has 1 aromatic rings. The Morgan fingerprint density at radius 2 is 1.72 bits per heavy atom. The maximum Gasteiger partial charge on any atom is 0.0151 e. The van der Waals surface area contributed by atoms with E-state index in [2.05, 4.69) is 36.5 Å². The van der Waals surface area contributed by atoms with Crippen LogP contribution < -0.4 is 5.32 Å². The van der Waals surface area contributed by atoms with Crippen molar-refractivity contribution in [3.63, 3.8) is 0 Å². The first-order valence-corrected chi connectivity index (χ1v) is 7.69. The molecule has 2 atom stereocenters. The minimum absolute atomic E-state index is 0.694. The van der Waals surface area contributed by atoms with E-state index in [1.54, 1.807) is 11.1 Å². The third-order valence-corrected chi connectivity index (χ3v) is 4.93. The zero-order valence-electron chi connectivity index (χ0n) is 11.5. The molecule has 0 bridgehead atoms. The minimum atomic E-state index is 0.694. The molecule has 2 unspecified atom stereocenters. The Labute approximate surface area is 111 Å². The van der Waals surface area contributed by atoms with Gasteiger partial charge in [0.05, 0.1) is 0 Å². The zero-order valence-corrected chi connectivity index (χ0v) is 11.5. The monoisotopic (exact) mass is 243 g/mol. The summed E-state index contributed by atoms with van der Waals surface area (Å²) in [4.78, 5) is 0. The van der Waals surface area contributed by atoms with Crippen LogP contribution in [0.1, 0.15) is 50.2 Å². The van der Waals surface area contributed by atoms with Crippen LogP contribution >= 0.6 is 0 Å². The number of fused-ring (bicyclic) bond motifs is 1. The molecule has 0 spiro atoms. The summed E-state index contributed by atoms with van der Waals surface area (Å²) in [5, 5.41) is 3.97. The Morgan fingerprint density at radius 3 is 2.39 bits per heavy atom. The maximum absolute atomic E-state index is 3.97. The van der Waals surface area contributed by atoms with Crippen molar-refractivity contribution in [2.24, 2.45) is 5.92 Å². The van der Waals surface area contributed by atoms with Gasteiger partial charge >= 0.3 is 0 Å². The Balaban J connectivity index is 1.61. The van der Waals surface area contributed by atoms with E-state index in [0.29, 0.717) is 6.04 Å². The summed E-state index contributed by atoms with van der Waals surface area (Å²) in [5.74, 6) is 0.919. The van der Waals surface area contributed by atoms with Crippen LogP contribution in [0.2, 0.25) is 0 Å². The van der Waals surface area contributed by atoms with E-state index in [-0.39, 0.29) is 0 Å². The van der Waals surface area contributed by atoms with Crippen molar-refractivity contribution < 1.29 is 0 Å². The van der Waals surface area contributed by atoms with Crippen molar-refractivity contribution in [1.82, 2.24) is 5.32 Å². The third kappa shape index (κ3) is 2.47. The molecular weight excluding hydrogens is 218 g/mol. The van der Waals surface area contributed by atoms with Gasteiger partial charge in [0.25, 0.3) is 0 Å². The second-order valence-corrected chi connectivity index (χ2v) is 6.10. The fourth-order valence-electron chi connectivity index (χ4n) is 3.90. The van der Waals surface area contributed by atoms with Gasteiger partial charge in [-0.1, -0.05) is 50.5 Å². The molecule has 1 saturated carbocycles. The van der Waals surface area contributed by atoms with Crippen molar-refractivity contribution in [2.45, 2.75) is 64.0 Å². The van der Waals surface area contributed by atoms with Crippen LogP contribution in [0, 0.1) is 5.92 Å². The van der Waals surface area contributed by atoms with Crippen LogP contribution in [0.4, 0.5) is 0 Å². The molecule has 1 heteroatoms. The van der Waals surface area contributed by atoms with Gasteiger partial charge in [0.1, 0.15) is 0 Å². The lowest BCUT2D eigenvalue weighted by atomic mass is 9.82. The van der Waals surface area contributed by atoms with Crippen molar-refractivity contribution in [3.8, 4) is 0 Å². The number of nitrogens with one attached hydrogen (secondary N) is 1. The molecule has 0 heterocycles. The van der Waals surface area contributed by atoms with Gasteiger partial charge in [-0.3, -0.25) is 0 Å². The number of benzene rings is 1. The Bertz CT molecular complexity index is 373. The Morgan fingerprint density at radius 1 is 1.06 bits per heavy atom. The van der Waals surface area contributed by atoms with Crippen LogP contribution in [-0.4, -0.2) is 12.1 Å². The average molecular weight is 243 g/mol. The SMILES string of the molecule is CCC1CCCCC1NC1Cc2ccccc2C1. The predicted molar refractivity (Wildman–Crippen MR) is 76.8 cm³/mol. The largest absolute Gasteiger partial charge is 0.310 e. The van der Waals surface area contributed by atoms with Gasteiger partial charge < -0.3 is 5.32 Å². The van der Waals surface area contributed by atoms with Gasteiger partial charge in [0.15, 0.2) is 0 Å². The zero-order chi connectivity index (χ0) is 12.4. The summed E-state index contributed by atoms with van der Waals surface area (Å²) >= 11 is 0. The first kappa shape index (κ1) is 12.2. The van der Waals surface area contributed by atoms with E-state index in [4.69, 9.17) is 0 Å². The van der Waals surface area contributed by atoms with Gasteiger partial charge in [-0.2, -0.15) is 0 Å². The highest BCUT2D eigenvalue weighted by Crippen LogP contribution is 2.29. The van der Waals surface area contributed by atoms with Crippen LogP contribution in [-0.2, 0) is 12.8 Å². The number of rotatable bonds is 3. The summed E-state index contributed by atoms with van der Waals surface area (Å²) in [6.07, 6.45) is 9.53. The second-order valence-electron chi connectivity index (χ2n) is 6.10. The van der Waals surface area contributed by atoms with Gasteiger partial charge in [-0.15, -0.1) is 0 Å². The van der Waals surface area contributed by atoms with Crippen LogP contribution in [0.25, 0.3) is 0 Å². The molecule has 1 fully saturated rings. The molecule has 2 aliphatic rings. The molecule has 1 aromatic carbocycles. The standard InChI is InChI=1S/C17H25N/c1-2-13-7-5-6-10-17(13)18-16-11-14-8-3-4-9-15(14)12-16/h3-4,8-9,13,16-18H,2,5-7,10-12H2,1H3. The minimum Gasteiger partial charge on any atom is -0.310 e. The van der Waals surface area contributed by atoms with E-state index in [0.717, 1.165) is 12.0 Å². The molecule has 98 valence electrons. The predicted octanol–water partition coefficient (Wildman–Crippen LogP) is 3.71. The Kier molecular flexibility index (Phi) is 3.69. The van der Waals surface area contributed by atoms with Crippen molar-refractivity contribution in [3.05, 3.63) is 35.4 Å². The van der Waals surface area contributed by atoms with E-state index in [9.17, 15) is 0 Å². The third-order valence-electron chi connectivity index (χ3n) is 4.93. The second kappa shape index (κ2) is 5.44. The first-order chi connectivity index (χ1) is 8.86. The molecule has 1 nitrogen and oxygen atoms in total. The lowest BCUT2D eigenvalue weighted by Crippen LogP contribution is -2.44. The summed E-state index contributed by atoms with van der Waals surface area (Å²) in [6.45, 7) is 2.36.